The topological polar surface area (TPSA) is 146 Å². The average molecular weight is 501 g/mol. The lowest BCUT2D eigenvalue weighted by atomic mass is 9.96. The fourth-order valence-electron chi connectivity index (χ4n) is 4.28. The molecule has 0 radical (unpaired) electrons. The van der Waals surface area contributed by atoms with Crippen molar-refractivity contribution in [3.8, 4) is 5.75 Å². The molecule has 1 aromatic heterocycles. The Balaban J connectivity index is 1.58. The summed E-state index contributed by atoms with van der Waals surface area (Å²) in [6.07, 6.45) is 1.04. The van der Waals surface area contributed by atoms with Crippen molar-refractivity contribution >= 4 is 40.2 Å². The van der Waals surface area contributed by atoms with Crippen LogP contribution in [0.25, 0.3) is 11.0 Å². The molecule has 0 aliphatic carbocycles. The molecule has 3 aromatic rings. The van der Waals surface area contributed by atoms with Crippen LogP contribution in [-0.2, 0) is 27.3 Å². The number of carbonyl (C=O) groups excluding carboxylic acids is 2. The van der Waals surface area contributed by atoms with Crippen molar-refractivity contribution in [2.45, 2.75) is 38.8 Å². The number of rotatable bonds is 8. The largest absolute Gasteiger partial charge is 0.480 e. The fourth-order valence-corrected chi connectivity index (χ4v) is 4.52. The zero-order valence-electron chi connectivity index (χ0n) is 19.1. The van der Waals surface area contributed by atoms with Gasteiger partial charge in [-0.15, -0.1) is 0 Å². The highest BCUT2D eigenvalue weighted by Crippen LogP contribution is 2.33. The number of halogens is 1. The number of aryl methyl sites for hydroxylation is 1. The summed E-state index contributed by atoms with van der Waals surface area (Å²) in [5, 5.41) is 3.24. The predicted molar refractivity (Wildman–Crippen MR) is 131 cm³/mol. The van der Waals surface area contributed by atoms with Crippen molar-refractivity contribution in [2.75, 3.05) is 18.5 Å². The van der Waals surface area contributed by atoms with Crippen LogP contribution in [0.4, 0.5) is 5.69 Å². The Morgan fingerprint density at radius 2 is 2.06 bits per heavy atom. The number of benzene rings is 2. The summed E-state index contributed by atoms with van der Waals surface area (Å²) in [4.78, 5) is 52.3. The zero-order valence-corrected chi connectivity index (χ0v) is 19.8. The maximum atomic E-state index is 13.0. The van der Waals surface area contributed by atoms with E-state index in [2.05, 4.69) is 10.3 Å². The number of aromatic nitrogens is 2. The predicted octanol–water partition coefficient (Wildman–Crippen LogP) is 2.26. The minimum Gasteiger partial charge on any atom is -0.480 e. The smallest absolute Gasteiger partial charge is 0.344 e. The molecule has 35 heavy (non-hydrogen) atoms. The molecular formula is C24H25ClN4O6. The zero-order chi connectivity index (χ0) is 25.1. The highest BCUT2D eigenvalue weighted by molar-refractivity contribution is 6.31. The summed E-state index contributed by atoms with van der Waals surface area (Å²) in [6, 6.07) is 7.84. The van der Waals surface area contributed by atoms with Crippen LogP contribution >= 0.6 is 11.6 Å². The standard InChI is InChI=1S/C24H25ClN4O6/c1-2-34-21(31)12-35-19-7-13(11-26)3-6-17(19)27-20(30)10-16-5-4-14-8-15(25)9-18-22(14)29(16)24(33)23(32)28-18/h3,6-9,16H,2,4-5,10-12,26H2,1H3,(H,27,30)(H,28,32)/t16-/m0/s1. The van der Waals surface area contributed by atoms with Crippen molar-refractivity contribution in [2.24, 2.45) is 5.73 Å². The van der Waals surface area contributed by atoms with Gasteiger partial charge in [0.25, 0.3) is 0 Å². The molecule has 184 valence electrons. The summed E-state index contributed by atoms with van der Waals surface area (Å²) in [5.41, 5.74) is 7.18. The molecule has 0 bridgehead atoms. The third kappa shape index (κ3) is 5.23. The summed E-state index contributed by atoms with van der Waals surface area (Å²) < 4.78 is 11.8. The van der Waals surface area contributed by atoms with Crippen LogP contribution < -0.4 is 26.9 Å². The molecule has 1 aliphatic heterocycles. The van der Waals surface area contributed by atoms with E-state index in [9.17, 15) is 19.2 Å². The molecule has 2 aromatic carbocycles. The molecule has 0 saturated carbocycles. The van der Waals surface area contributed by atoms with E-state index in [1.807, 2.05) is 0 Å². The number of H-pyrrole nitrogens is 1. The number of nitrogens with one attached hydrogen (secondary N) is 2. The Morgan fingerprint density at radius 1 is 1.26 bits per heavy atom. The van der Waals surface area contributed by atoms with Crippen molar-refractivity contribution in [3.63, 3.8) is 0 Å². The van der Waals surface area contributed by atoms with Gasteiger partial charge in [0.1, 0.15) is 5.75 Å². The maximum Gasteiger partial charge on any atom is 0.344 e. The number of hydrogen-bond acceptors (Lipinski definition) is 7. The van der Waals surface area contributed by atoms with E-state index < -0.39 is 23.1 Å². The second-order valence-electron chi connectivity index (χ2n) is 8.16. The minimum absolute atomic E-state index is 0.0452. The fraction of sp³-hybridized carbons (Fsp3) is 0.333. The van der Waals surface area contributed by atoms with Crippen LogP contribution in [0, 0.1) is 0 Å². The van der Waals surface area contributed by atoms with E-state index >= 15 is 0 Å². The molecule has 2 heterocycles. The van der Waals surface area contributed by atoms with Crippen LogP contribution in [0.1, 0.15) is 36.9 Å². The third-order valence-electron chi connectivity index (χ3n) is 5.80. The summed E-state index contributed by atoms with van der Waals surface area (Å²) in [7, 11) is 0. The quantitative estimate of drug-likeness (QED) is 0.317. The molecule has 4 N–H and O–H groups in total. The molecule has 1 amide bonds. The Hall–Kier alpha value is -3.63. The SMILES string of the molecule is CCOC(=O)COc1cc(CN)ccc1NC(=O)C[C@@H]1CCc2cc(Cl)cc3[nH]c(=O)c(=O)n1c23. The number of hydrogen-bond donors (Lipinski definition) is 3. The van der Waals surface area contributed by atoms with Crippen LogP contribution in [0.2, 0.25) is 5.02 Å². The first-order valence-electron chi connectivity index (χ1n) is 11.2. The van der Waals surface area contributed by atoms with Crippen LogP contribution in [0.15, 0.2) is 39.9 Å². The lowest BCUT2D eigenvalue weighted by Crippen LogP contribution is -2.41. The van der Waals surface area contributed by atoms with Gasteiger partial charge in [-0.05, 0) is 55.2 Å². The molecule has 4 rings (SSSR count). The van der Waals surface area contributed by atoms with Crippen molar-refractivity contribution < 1.29 is 19.1 Å². The van der Waals surface area contributed by atoms with E-state index in [0.717, 1.165) is 11.1 Å². The Kier molecular flexibility index (Phi) is 7.23. The van der Waals surface area contributed by atoms with Gasteiger partial charge in [0.2, 0.25) is 5.91 Å². The normalized spacial score (nSPS) is 14.5. The number of amides is 1. The highest BCUT2D eigenvalue weighted by Gasteiger charge is 2.27. The van der Waals surface area contributed by atoms with Gasteiger partial charge in [0, 0.05) is 24.0 Å². The van der Waals surface area contributed by atoms with Gasteiger partial charge in [-0.3, -0.25) is 19.0 Å². The summed E-state index contributed by atoms with van der Waals surface area (Å²) in [6.45, 7) is 1.83. The van der Waals surface area contributed by atoms with Crippen LogP contribution in [0.5, 0.6) is 5.75 Å². The lowest BCUT2D eigenvalue weighted by molar-refractivity contribution is -0.145. The second-order valence-corrected chi connectivity index (χ2v) is 8.60. The number of nitrogens with zero attached hydrogens (tertiary/aromatic N) is 1. The molecule has 0 spiro atoms. The molecule has 0 fully saturated rings. The first kappa shape index (κ1) is 24.5. The molecule has 10 nitrogen and oxygen atoms in total. The van der Waals surface area contributed by atoms with Crippen molar-refractivity contribution in [1.82, 2.24) is 9.55 Å². The number of nitrogens with two attached hydrogens (primary N) is 1. The number of ether oxygens (including phenoxy) is 2. The molecule has 1 aliphatic rings. The monoisotopic (exact) mass is 500 g/mol. The first-order chi connectivity index (χ1) is 16.8. The molecule has 1 atom stereocenters. The van der Waals surface area contributed by atoms with E-state index in [4.69, 9.17) is 26.8 Å². The Bertz CT molecular complexity index is 1410. The molecule has 0 saturated heterocycles. The number of esters is 1. The third-order valence-corrected chi connectivity index (χ3v) is 6.01. The Morgan fingerprint density at radius 3 is 2.80 bits per heavy atom. The van der Waals surface area contributed by atoms with Crippen LogP contribution in [0.3, 0.4) is 0 Å². The Labute approximate surface area is 205 Å². The summed E-state index contributed by atoms with van der Waals surface area (Å²) in [5.74, 6) is -0.649. The van der Waals surface area contributed by atoms with Gasteiger partial charge >= 0.3 is 17.1 Å². The van der Waals surface area contributed by atoms with Gasteiger partial charge < -0.3 is 25.5 Å². The van der Waals surface area contributed by atoms with Gasteiger partial charge in [-0.2, -0.15) is 0 Å². The van der Waals surface area contributed by atoms with Gasteiger partial charge in [0.15, 0.2) is 6.61 Å². The second kappa shape index (κ2) is 10.3. The first-order valence-corrected chi connectivity index (χ1v) is 11.6. The van der Waals surface area contributed by atoms with Gasteiger partial charge in [0.05, 0.1) is 23.3 Å². The van der Waals surface area contributed by atoms with E-state index in [-0.39, 0.29) is 37.8 Å². The minimum atomic E-state index is -0.773. The highest BCUT2D eigenvalue weighted by atomic mass is 35.5. The van der Waals surface area contributed by atoms with Crippen molar-refractivity contribution in [1.29, 1.82) is 0 Å². The molecular weight excluding hydrogens is 476 g/mol. The summed E-state index contributed by atoms with van der Waals surface area (Å²) >= 11 is 6.16. The maximum absolute atomic E-state index is 13.0. The lowest BCUT2D eigenvalue weighted by Gasteiger charge is -2.27. The van der Waals surface area contributed by atoms with Gasteiger partial charge in [-0.25, -0.2) is 4.79 Å². The van der Waals surface area contributed by atoms with Crippen molar-refractivity contribution in [3.05, 3.63) is 67.2 Å². The molecule has 11 heteroatoms. The molecule has 0 unspecified atom stereocenters. The number of aromatic amines is 1. The van der Waals surface area contributed by atoms with Crippen LogP contribution in [-0.4, -0.2) is 34.6 Å². The van der Waals surface area contributed by atoms with Gasteiger partial charge in [-0.1, -0.05) is 17.7 Å². The van der Waals surface area contributed by atoms with E-state index in [1.54, 1.807) is 37.3 Å². The van der Waals surface area contributed by atoms with E-state index in [1.165, 1.54) is 4.57 Å². The number of anilines is 1. The average Bonchev–Trinajstić information content (AvgIpc) is 2.82. The van der Waals surface area contributed by atoms with E-state index in [0.29, 0.717) is 34.6 Å². The number of carbonyl (C=O) groups is 2.